The highest BCUT2D eigenvalue weighted by Crippen LogP contribution is 2.40. The first kappa shape index (κ1) is 12.0. The second-order valence-electron chi connectivity index (χ2n) is 5.29. The summed E-state index contributed by atoms with van der Waals surface area (Å²) in [6.07, 6.45) is 5.01. The lowest BCUT2D eigenvalue weighted by Crippen LogP contribution is -2.25. The maximum Gasteiger partial charge on any atom is 0.231 e. The molecule has 2 aliphatic rings. The van der Waals surface area contributed by atoms with Crippen LogP contribution in [0.4, 0.5) is 5.69 Å². The molecule has 98 valence electrons. The second kappa shape index (κ2) is 4.88. The number of nitrogens with one attached hydrogen (secondary N) is 1. The molecular weight excluding hydrogens is 250 g/mol. The zero-order valence-corrected chi connectivity index (χ0v) is 11.3. The zero-order chi connectivity index (χ0) is 12.5. The van der Waals surface area contributed by atoms with Crippen LogP contribution in [0.2, 0.25) is 5.02 Å². The molecule has 1 N–H and O–H groups in total. The standard InChI is InChI=1S/C14H18ClNO2/c1-9-2-4-10(5-3-9)16-12-7-14-13(6-11(12)15)17-8-18-14/h6-7,9-10,16H,2-5,8H2,1H3. The number of anilines is 1. The van der Waals surface area contributed by atoms with Crippen molar-refractivity contribution in [2.75, 3.05) is 12.1 Å². The van der Waals surface area contributed by atoms with Gasteiger partial charge < -0.3 is 14.8 Å². The van der Waals surface area contributed by atoms with Gasteiger partial charge in [-0.1, -0.05) is 18.5 Å². The molecule has 1 fully saturated rings. The maximum absolute atomic E-state index is 6.26. The highest BCUT2D eigenvalue weighted by Gasteiger charge is 2.21. The number of ether oxygens (including phenoxy) is 2. The van der Waals surface area contributed by atoms with E-state index in [0.29, 0.717) is 11.1 Å². The van der Waals surface area contributed by atoms with Crippen LogP contribution in [0.15, 0.2) is 12.1 Å². The average molecular weight is 268 g/mol. The lowest BCUT2D eigenvalue weighted by atomic mass is 9.87. The Morgan fingerprint density at radius 3 is 2.50 bits per heavy atom. The fourth-order valence-electron chi connectivity index (χ4n) is 2.65. The minimum atomic E-state index is 0.288. The molecule has 18 heavy (non-hydrogen) atoms. The smallest absolute Gasteiger partial charge is 0.231 e. The number of rotatable bonds is 2. The van der Waals surface area contributed by atoms with Crippen molar-refractivity contribution in [1.29, 1.82) is 0 Å². The van der Waals surface area contributed by atoms with Gasteiger partial charge in [-0.25, -0.2) is 0 Å². The van der Waals surface area contributed by atoms with Crippen LogP contribution >= 0.6 is 11.6 Å². The molecule has 3 rings (SSSR count). The van der Waals surface area contributed by atoms with Gasteiger partial charge >= 0.3 is 0 Å². The summed E-state index contributed by atoms with van der Waals surface area (Å²) >= 11 is 6.26. The molecule has 0 atom stereocenters. The molecule has 4 heteroatoms. The van der Waals surface area contributed by atoms with Crippen LogP contribution in [0, 0.1) is 5.92 Å². The largest absolute Gasteiger partial charge is 0.454 e. The molecule has 1 aliphatic heterocycles. The fourth-order valence-corrected chi connectivity index (χ4v) is 2.86. The molecule has 0 amide bonds. The van der Waals surface area contributed by atoms with Gasteiger partial charge in [-0.3, -0.25) is 0 Å². The summed E-state index contributed by atoms with van der Waals surface area (Å²) in [5.74, 6) is 2.38. The Balaban J connectivity index is 1.73. The summed E-state index contributed by atoms with van der Waals surface area (Å²) in [5, 5.41) is 4.24. The molecule has 0 spiro atoms. The number of hydrogen-bond donors (Lipinski definition) is 1. The Labute approximate surface area is 112 Å². The maximum atomic E-state index is 6.26. The molecule has 0 saturated heterocycles. The van der Waals surface area contributed by atoms with E-state index in [1.807, 2.05) is 12.1 Å². The molecular formula is C14H18ClNO2. The quantitative estimate of drug-likeness (QED) is 0.877. The van der Waals surface area contributed by atoms with Crippen molar-refractivity contribution in [1.82, 2.24) is 0 Å². The summed E-state index contributed by atoms with van der Waals surface area (Å²) < 4.78 is 10.7. The van der Waals surface area contributed by atoms with Crippen LogP contribution in [-0.2, 0) is 0 Å². The average Bonchev–Trinajstić information content (AvgIpc) is 2.79. The van der Waals surface area contributed by atoms with E-state index in [1.165, 1.54) is 25.7 Å². The van der Waals surface area contributed by atoms with Crippen molar-refractivity contribution in [3.05, 3.63) is 17.2 Å². The van der Waals surface area contributed by atoms with E-state index in [-0.39, 0.29) is 6.79 Å². The summed E-state index contributed by atoms with van der Waals surface area (Å²) in [6, 6.07) is 4.31. The predicted octanol–water partition coefficient (Wildman–Crippen LogP) is 4.06. The van der Waals surface area contributed by atoms with E-state index in [1.54, 1.807) is 0 Å². The minimum Gasteiger partial charge on any atom is -0.454 e. The van der Waals surface area contributed by atoms with Gasteiger partial charge in [0, 0.05) is 18.2 Å². The molecule has 0 radical (unpaired) electrons. The Kier molecular flexibility index (Phi) is 3.25. The van der Waals surface area contributed by atoms with E-state index >= 15 is 0 Å². The molecule has 1 saturated carbocycles. The predicted molar refractivity (Wildman–Crippen MR) is 72.6 cm³/mol. The first-order valence-corrected chi connectivity index (χ1v) is 6.96. The van der Waals surface area contributed by atoms with Gasteiger partial charge in [0.2, 0.25) is 6.79 Å². The van der Waals surface area contributed by atoms with Gasteiger partial charge in [-0.15, -0.1) is 0 Å². The van der Waals surface area contributed by atoms with Crippen molar-refractivity contribution in [2.45, 2.75) is 38.6 Å². The van der Waals surface area contributed by atoms with Crippen molar-refractivity contribution >= 4 is 17.3 Å². The van der Waals surface area contributed by atoms with Crippen molar-refractivity contribution in [3.63, 3.8) is 0 Å². The van der Waals surface area contributed by atoms with Gasteiger partial charge in [-0.2, -0.15) is 0 Å². The van der Waals surface area contributed by atoms with Gasteiger partial charge in [0.25, 0.3) is 0 Å². The van der Waals surface area contributed by atoms with E-state index in [0.717, 1.165) is 23.1 Å². The van der Waals surface area contributed by atoms with Crippen molar-refractivity contribution in [3.8, 4) is 11.5 Å². The summed E-state index contributed by atoms with van der Waals surface area (Å²) in [6.45, 7) is 2.61. The Morgan fingerprint density at radius 1 is 1.11 bits per heavy atom. The van der Waals surface area contributed by atoms with Crippen LogP contribution in [0.3, 0.4) is 0 Å². The third-order valence-corrected chi connectivity index (χ3v) is 4.15. The lowest BCUT2D eigenvalue weighted by molar-refractivity contribution is 0.174. The molecule has 0 unspecified atom stereocenters. The highest BCUT2D eigenvalue weighted by atomic mass is 35.5. The zero-order valence-electron chi connectivity index (χ0n) is 10.5. The van der Waals surface area contributed by atoms with Crippen LogP contribution in [0.25, 0.3) is 0 Å². The van der Waals surface area contributed by atoms with E-state index in [2.05, 4.69) is 12.2 Å². The Hall–Kier alpha value is -1.09. The molecule has 1 aliphatic carbocycles. The lowest BCUT2D eigenvalue weighted by Gasteiger charge is -2.28. The van der Waals surface area contributed by atoms with Gasteiger partial charge in [0.15, 0.2) is 11.5 Å². The Bertz CT molecular complexity index is 442. The summed E-state index contributed by atoms with van der Waals surface area (Å²) in [5.41, 5.74) is 0.959. The molecule has 1 aromatic rings. The van der Waals surface area contributed by atoms with Crippen LogP contribution in [-0.4, -0.2) is 12.8 Å². The van der Waals surface area contributed by atoms with Crippen LogP contribution < -0.4 is 14.8 Å². The molecule has 0 bridgehead atoms. The number of hydrogen-bond acceptors (Lipinski definition) is 3. The number of benzene rings is 1. The third kappa shape index (κ3) is 2.37. The Morgan fingerprint density at radius 2 is 1.78 bits per heavy atom. The van der Waals surface area contributed by atoms with E-state index in [4.69, 9.17) is 21.1 Å². The van der Waals surface area contributed by atoms with Crippen LogP contribution in [0.5, 0.6) is 11.5 Å². The first-order valence-electron chi connectivity index (χ1n) is 6.58. The molecule has 1 heterocycles. The van der Waals surface area contributed by atoms with E-state index < -0.39 is 0 Å². The minimum absolute atomic E-state index is 0.288. The number of halogens is 1. The van der Waals surface area contributed by atoms with Crippen molar-refractivity contribution in [2.24, 2.45) is 5.92 Å². The number of fused-ring (bicyclic) bond motifs is 1. The highest BCUT2D eigenvalue weighted by molar-refractivity contribution is 6.33. The van der Waals surface area contributed by atoms with Gasteiger partial charge in [0.05, 0.1) is 10.7 Å². The third-order valence-electron chi connectivity index (χ3n) is 3.84. The normalized spacial score (nSPS) is 26.1. The summed E-state index contributed by atoms with van der Waals surface area (Å²) in [4.78, 5) is 0. The topological polar surface area (TPSA) is 30.5 Å². The van der Waals surface area contributed by atoms with Crippen molar-refractivity contribution < 1.29 is 9.47 Å². The van der Waals surface area contributed by atoms with Gasteiger partial charge in [-0.05, 0) is 31.6 Å². The molecule has 1 aromatic carbocycles. The fraction of sp³-hybridized carbons (Fsp3) is 0.571. The van der Waals surface area contributed by atoms with E-state index in [9.17, 15) is 0 Å². The monoisotopic (exact) mass is 267 g/mol. The molecule has 0 aromatic heterocycles. The second-order valence-corrected chi connectivity index (χ2v) is 5.69. The SMILES string of the molecule is CC1CCC(Nc2cc3c(cc2Cl)OCO3)CC1. The van der Waals surface area contributed by atoms with Gasteiger partial charge in [0.1, 0.15) is 0 Å². The molecule has 3 nitrogen and oxygen atoms in total. The first-order chi connectivity index (χ1) is 8.72. The summed E-state index contributed by atoms with van der Waals surface area (Å²) in [7, 11) is 0. The van der Waals surface area contributed by atoms with Crippen LogP contribution in [0.1, 0.15) is 32.6 Å².